The number of rotatable bonds is 10. The predicted molar refractivity (Wildman–Crippen MR) is 133 cm³/mol. The van der Waals surface area contributed by atoms with E-state index < -0.39 is 34.3 Å². The van der Waals surface area contributed by atoms with Crippen molar-refractivity contribution in [3.8, 4) is 0 Å². The van der Waals surface area contributed by atoms with E-state index in [1.54, 1.807) is 55.5 Å². The SMILES string of the molecule is CCC(C(=O)NC)N(Cc1ccc(F)cc1)C(=O)CN(c1ccccc1)S(=O)(=O)c1ccccc1. The molecule has 1 atom stereocenters. The average molecular weight is 498 g/mol. The molecular weight excluding hydrogens is 469 g/mol. The van der Waals surface area contributed by atoms with Crippen LogP contribution >= 0.6 is 0 Å². The number of nitrogens with one attached hydrogen (secondary N) is 1. The van der Waals surface area contributed by atoms with Gasteiger partial charge in [0.15, 0.2) is 0 Å². The highest BCUT2D eigenvalue weighted by Gasteiger charge is 2.33. The number of amides is 2. The largest absolute Gasteiger partial charge is 0.357 e. The number of anilines is 1. The van der Waals surface area contributed by atoms with Gasteiger partial charge in [0, 0.05) is 13.6 Å². The van der Waals surface area contributed by atoms with Crippen LogP contribution in [0.25, 0.3) is 0 Å². The first-order chi connectivity index (χ1) is 16.8. The summed E-state index contributed by atoms with van der Waals surface area (Å²) >= 11 is 0. The molecule has 3 aromatic rings. The van der Waals surface area contributed by atoms with Gasteiger partial charge in [0.05, 0.1) is 10.6 Å². The second-order valence-corrected chi connectivity index (χ2v) is 9.71. The number of carbonyl (C=O) groups is 2. The molecule has 3 aromatic carbocycles. The number of halogens is 1. The Morgan fingerprint density at radius 1 is 0.914 bits per heavy atom. The van der Waals surface area contributed by atoms with Gasteiger partial charge in [0.25, 0.3) is 10.0 Å². The Labute approximate surface area is 205 Å². The van der Waals surface area contributed by atoms with E-state index in [4.69, 9.17) is 0 Å². The molecule has 0 fully saturated rings. The summed E-state index contributed by atoms with van der Waals surface area (Å²) in [5, 5.41) is 2.56. The third-order valence-corrected chi connectivity index (χ3v) is 7.34. The summed E-state index contributed by atoms with van der Waals surface area (Å²) in [7, 11) is -2.61. The van der Waals surface area contributed by atoms with Crippen molar-refractivity contribution in [2.75, 3.05) is 17.9 Å². The molecule has 0 aliphatic rings. The summed E-state index contributed by atoms with van der Waals surface area (Å²) in [6.45, 7) is 1.26. The molecule has 0 heterocycles. The van der Waals surface area contributed by atoms with Crippen LogP contribution in [0.3, 0.4) is 0 Å². The number of hydrogen-bond donors (Lipinski definition) is 1. The van der Waals surface area contributed by atoms with Gasteiger partial charge in [0.1, 0.15) is 18.4 Å². The zero-order chi connectivity index (χ0) is 25.4. The van der Waals surface area contributed by atoms with E-state index in [-0.39, 0.29) is 17.3 Å². The van der Waals surface area contributed by atoms with Crippen LogP contribution in [0.5, 0.6) is 0 Å². The van der Waals surface area contributed by atoms with E-state index in [0.717, 1.165) is 4.31 Å². The molecule has 0 aliphatic heterocycles. The van der Waals surface area contributed by atoms with Crippen LogP contribution < -0.4 is 9.62 Å². The van der Waals surface area contributed by atoms with Crippen molar-refractivity contribution in [2.24, 2.45) is 0 Å². The molecule has 0 saturated carbocycles. The number of nitrogens with zero attached hydrogens (tertiary/aromatic N) is 2. The minimum atomic E-state index is -4.08. The summed E-state index contributed by atoms with van der Waals surface area (Å²) in [6, 6.07) is 20.9. The Balaban J connectivity index is 2.01. The summed E-state index contributed by atoms with van der Waals surface area (Å²) in [5.74, 6) is -1.36. The monoisotopic (exact) mass is 497 g/mol. The third-order valence-electron chi connectivity index (χ3n) is 5.55. The van der Waals surface area contributed by atoms with Gasteiger partial charge in [0.2, 0.25) is 11.8 Å². The standard InChI is InChI=1S/C26H28FN3O4S/c1-3-24(26(32)28-2)29(18-20-14-16-21(27)17-15-20)25(31)19-30(22-10-6-4-7-11-22)35(33,34)23-12-8-5-9-13-23/h4-17,24H,3,18-19H2,1-2H3,(H,28,32). The van der Waals surface area contributed by atoms with Gasteiger partial charge in [-0.05, 0) is 48.4 Å². The lowest BCUT2D eigenvalue weighted by Gasteiger charge is -2.33. The van der Waals surface area contributed by atoms with E-state index in [9.17, 15) is 22.4 Å². The van der Waals surface area contributed by atoms with Gasteiger partial charge in [-0.1, -0.05) is 55.5 Å². The molecule has 2 amide bonds. The van der Waals surface area contributed by atoms with Gasteiger partial charge < -0.3 is 10.2 Å². The number of carbonyl (C=O) groups excluding carboxylic acids is 2. The first-order valence-electron chi connectivity index (χ1n) is 11.2. The molecule has 35 heavy (non-hydrogen) atoms. The maximum atomic E-state index is 13.7. The van der Waals surface area contributed by atoms with Crippen molar-refractivity contribution in [3.05, 3.63) is 96.3 Å². The van der Waals surface area contributed by atoms with Crippen molar-refractivity contribution >= 4 is 27.5 Å². The van der Waals surface area contributed by atoms with Crippen molar-refractivity contribution in [1.82, 2.24) is 10.2 Å². The third kappa shape index (κ3) is 6.24. The van der Waals surface area contributed by atoms with Crippen LogP contribution in [-0.2, 0) is 26.2 Å². The van der Waals surface area contributed by atoms with Crippen LogP contribution in [0.15, 0.2) is 89.8 Å². The quantitative estimate of drug-likeness (QED) is 0.464. The first-order valence-corrected chi connectivity index (χ1v) is 12.6. The summed E-state index contributed by atoms with van der Waals surface area (Å²) in [4.78, 5) is 27.7. The molecule has 7 nitrogen and oxygen atoms in total. The van der Waals surface area contributed by atoms with Crippen LogP contribution in [0.4, 0.5) is 10.1 Å². The van der Waals surface area contributed by atoms with E-state index >= 15 is 0 Å². The number of likely N-dealkylation sites (N-methyl/N-ethyl adjacent to an activating group) is 1. The molecule has 0 saturated heterocycles. The number of para-hydroxylation sites is 1. The highest BCUT2D eigenvalue weighted by molar-refractivity contribution is 7.92. The van der Waals surface area contributed by atoms with Gasteiger partial charge in [-0.25, -0.2) is 12.8 Å². The number of hydrogen-bond acceptors (Lipinski definition) is 4. The molecule has 1 unspecified atom stereocenters. The Bertz CT molecular complexity index is 1240. The topological polar surface area (TPSA) is 86.8 Å². The zero-order valence-electron chi connectivity index (χ0n) is 19.6. The lowest BCUT2D eigenvalue weighted by atomic mass is 10.1. The van der Waals surface area contributed by atoms with E-state index in [0.29, 0.717) is 17.7 Å². The molecule has 3 rings (SSSR count). The molecular formula is C26H28FN3O4S. The van der Waals surface area contributed by atoms with Crippen molar-refractivity contribution in [1.29, 1.82) is 0 Å². The Hall–Kier alpha value is -3.72. The fourth-order valence-electron chi connectivity index (χ4n) is 3.72. The first kappa shape index (κ1) is 25.9. The van der Waals surface area contributed by atoms with Gasteiger partial charge >= 0.3 is 0 Å². The van der Waals surface area contributed by atoms with Crippen LogP contribution in [0.2, 0.25) is 0 Å². The maximum absolute atomic E-state index is 13.7. The molecule has 184 valence electrons. The number of sulfonamides is 1. The summed E-state index contributed by atoms with van der Waals surface area (Å²) in [5.41, 5.74) is 0.929. The highest BCUT2D eigenvalue weighted by atomic mass is 32.2. The fraction of sp³-hybridized carbons (Fsp3) is 0.231. The fourth-order valence-corrected chi connectivity index (χ4v) is 5.15. The highest BCUT2D eigenvalue weighted by Crippen LogP contribution is 2.24. The van der Waals surface area contributed by atoms with E-state index in [2.05, 4.69) is 5.32 Å². The Kier molecular flexibility index (Phi) is 8.59. The van der Waals surface area contributed by atoms with E-state index in [1.165, 1.54) is 48.3 Å². The predicted octanol–water partition coefficient (Wildman–Crippen LogP) is 3.57. The molecule has 0 aromatic heterocycles. The molecule has 1 N–H and O–H groups in total. The molecule has 0 radical (unpaired) electrons. The van der Waals surface area contributed by atoms with Gasteiger partial charge in [-0.3, -0.25) is 13.9 Å². The minimum Gasteiger partial charge on any atom is -0.357 e. The summed E-state index contributed by atoms with van der Waals surface area (Å²) in [6.07, 6.45) is 0.309. The molecule has 0 bridgehead atoms. The second-order valence-electron chi connectivity index (χ2n) is 7.85. The number of benzene rings is 3. The Morgan fingerprint density at radius 3 is 2.03 bits per heavy atom. The lowest BCUT2D eigenvalue weighted by Crippen LogP contribution is -2.51. The summed E-state index contributed by atoms with van der Waals surface area (Å²) < 4.78 is 41.6. The van der Waals surface area contributed by atoms with Crippen LogP contribution in [-0.4, -0.2) is 44.8 Å². The van der Waals surface area contributed by atoms with Crippen molar-refractivity contribution in [2.45, 2.75) is 30.8 Å². The second kappa shape index (κ2) is 11.6. The van der Waals surface area contributed by atoms with Gasteiger partial charge in [-0.15, -0.1) is 0 Å². The van der Waals surface area contributed by atoms with Crippen LogP contribution in [0, 0.1) is 5.82 Å². The maximum Gasteiger partial charge on any atom is 0.264 e. The van der Waals surface area contributed by atoms with E-state index in [1.807, 2.05) is 0 Å². The van der Waals surface area contributed by atoms with Crippen molar-refractivity contribution < 1.29 is 22.4 Å². The molecule has 0 spiro atoms. The van der Waals surface area contributed by atoms with Crippen molar-refractivity contribution in [3.63, 3.8) is 0 Å². The van der Waals surface area contributed by atoms with Gasteiger partial charge in [-0.2, -0.15) is 0 Å². The van der Waals surface area contributed by atoms with Crippen LogP contribution in [0.1, 0.15) is 18.9 Å². The average Bonchev–Trinajstić information content (AvgIpc) is 2.88. The zero-order valence-corrected chi connectivity index (χ0v) is 20.4. The normalized spacial score (nSPS) is 12.0. The minimum absolute atomic E-state index is 0.0130. The lowest BCUT2D eigenvalue weighted by molar-refractivity contribution is -0.140. The molecule has 9 heteroatoms. The molecule has 0 aliphatic carbocycles. The Morgan fingerprint density at radius 2 is 1.49 bits per heavy atom. The smallest absolute Gasteiger partial charge is 0.264 e.